The molecule has 1 atom stereocenters. The second kappa shape index (κ2) is 6.71. The molecule has 10 nitrogen and oxygen atoms in total. The predicted molar refractivity (Wildman–Crippen MR) is 92.8 cm³/mol. The van der Waals surface area contributed by atoms with Crippen molar-refractivity contribution >= 4 is 17.4 Å². The van der Waals surface area contributed by atoms with Crippen molar-refractivity contribution in [3.05, 3.63) is 45.4 Å². The summed E-state index contributed by atoms with van der Waals surface area (Å²) in [4.78, 5) is 28.8. The lowest BCUT2D eigenvalue weighted by Gasteiger charge is -2.18. The highest BCUT2D eigenvalue weighted by molar-refractivity contribution is 5.94. The highest BCUT2D eigenvalue weighted by Gasteiger charge is 2.31. The van der Waals surface area contributed by atoms with Gasteiger partial charge in [-0.25, -0.2) is 4.98 Å². The van der Waals surface area contributed by atoms with Crippen LogP contribution in [0.15, 0.2) is 18.3 Å². The summed E-state index contributed by atoms with van der Waals surface area (Å²) >= 11 is 0. The smallest absolute Gasteiger partial charge is 0.287 e. The molecule has 1 amide bonds. The fraction of sp³-hybridized carbons (Fsp3) is 0.438. The fourth-order valence-corrected chi connectivity index (χ4v) is 3.40. The van der Waals surface area contributed by atoms with Gasteiger partial charge in [0.15, 0.2) is 5.69 Å². The molecule has 0 aromatic carbocycles. The van der Waals surface area contributed by atoms with Crippen LogP contribution in [0, 0.1) is 10.1 Å². The van der Waals surface area contributed by atoms with Gasteiger partial charge in [0, 0.05) is 56.0 Å². The zero-order valence-corrected chi connectivity index (χ0v) is 14.1. The van der Waals surface area contributed by atoms with E-state index >= 15 is 0 Å². The summed E-state index contributed by atoms with van der Waals surface area (Å²) in [6.07, 6.45) is 2.87. The van der Waals surface area contributed by atoms with Gasteiger partial charge in [-0.2, -0.15) is 5.10 Å². The third kappa shape index (κ3) is 3.10. The number of hydrogen-bond donors (Lipinski definition) is 3. The molecule has 0 aliphatic carbocycles. The molecule has 3 N–H and O–H groups in total. The molecule has 1 unspecified atom stereocenters. The van der Waals surface area contributed by atoms with E-state index in [0.717, 1.165) is 30.6 Å². The van der Waals surface area contributed by atoms with Crippen LogP contribution in [0.5, 0.6) is 0 Å². The zero-order chi connectivity index (χ0) is 18.1. The molecule has 0 spiro atoms. The number of anilines is 1. The van der Waals surface area contributed by atoms with Crippen molar-refractivity contribution in [1.29, 1.82) is 0 Å². The second-order valence-electron chi connectivity index (χ2n) is 6.50. The third-order valence-electron chi connectivity index (χ3n) is 4.80. The molecular weight excluding hydrogens is 338 g/mol. The number of nitro groups is 1. The SMILES string of the molecule is O=C(c1n[nH]c2c1CNCC2)N1CCC(Nc2ccc([N+](=O)[O-])cn2)C1. The number of carbonyl (C=O) groups is 1. The van der Waals surface area contributed by atoms with Gasteiger partial charge in [-0.15, -0.1) is 0 Å². The molecule has 10 heteroatoms. The van der Waals surface area contributed by atoms with E-state index in [9.17, 15) is 14.9 Å². The fourth-order valence-electron chi connectivity index (χ4n) is 3.40. The van der Waals surface area contributed by atoms with Crippen LogP contribution in [0.2, 0.25) is 0 Å². The first-order valence-electron chi connectivity index (χ1n) is 8.55. The number of carbonyl (C=O) groups excluding carboxylic acids is 1. The summed E-state index contributed by atoms with van der Waals surface area (Å²) in [7, 11) is 0. The number of amides is 1. The van der Waals surface area contributed by atoms with Gasteiger partial charge in [0.05, 0.1) is 4.92 Å². The number of aromatic amines is 1. The molecule has 4 rings (SSSR count). The van der Waals surface area contributed by atoms with Crippen LogP contribution in [-0.4, -0.2) is 56.6 Å². The Morgan fingerprint density at radius 1 is 1.42 bits per heavy atom. The second-order valence-corrected chi connectivity index (χ2v) is 6.50. The van der Waals surface area contributed by atoms with Crippen molar-refractivity contribution in [1.82, 2.24) is 25.4 Å². The molecule has 2 aliphatic heterocycles. The maximum Gasteiger partial charge on any atom is 0.287 e. The van der Waals surface area contributed by atoms with Gasteiger partial charge in [0.25, 0.3) is 11.6 Å². The molecule has 26 heavy (non-hydrogen) atoms. The standard InChI is InChI=1S/C16H19N7O3/c24-16(15-12-8-17-5-3-13(12)20-21-15)22-6-4-10(9-22)19-14-2-1-11(7-18-14)23(25)26/h1-2,7,10,17H,3-6,8-9H2,(H,18,19)(H,20,21). The summed E-state index contributed by atoms with van der Waals surface area (Å²) in [5, 5.41) is 24.4. The Balaban J connectivity index is 1.39. The van der Waals surface area contributed by atoms with Crippen molar-refractivity contribution in [2.24, 2.45) is 0 Å². The molecule has 2 aromatic rings. The van der Waals surface area contributed by atoms with Crippen LogP contribution >= 0.6 is 0 Å². The van der Waals surface area contributed by atoms with E-state index in [-0.39, 0.29) is 17.6 Å². The van der Waals surface area contributed by atoms with Crippen molar-refractivity contribution in [3.8, 4) is 0 Å². The van der Waals surface area contributed by atoms with Crippen LogP contribution < -0.4 is 10.6 Å². The Bertz CT molecular complexity index is 833. The van der Waals surface area contributed by atoms with E-state index in [2.05, 4.69) is 25.8 Å². The van der Waals surface area contributed by atoms with Gasteiger partial charge in [-0.05, 0) is 12.5 Å². The number of pyridine rings is 1. The first-order chi connectivity index (χ1) is 12.6. The highest BCUT2D eigenvalue weighted by Crippen LogP contribution is 2.21. The van der Waals surface area contributed by atoms with Crippen LogP contribution in [0.25, 0.3) is 0 Å². The third-order valence-corrected chi connectivity index (χ3v) is 4.80. The maximum atomic E-state index is 12.8. The van der Waals surface area contributed by atoms with E-state index < -0.39 is 4.92 Å². The van der Waals surface area contributed by atoms with Crippen LogP contribution in [0.1, 0.15) is 28.2 Å². The number of hydrogen-bond acceptors (Lipinski definition) is 7. The normalized spacial score (nSPS) is 19.2. The maximum absolute atomic E-state index is 12.8. The molecule has 4 heterocycles. The van der Waals surface area contributed by atoms with Gasteiger partial charge >= 0.3 is 0 Å². The quantitative estimate of drug-likeness (QED) is 0.542. The first-order valence-corrected chi connectivity index (χ1v) is 8.55. The number of nitrogens with one attached hydrogen (secondary N) is 3. The van der Waals surface area contributed by atoms with Crippen molar-refractivity contribution < 1.29 is 9.72 Å². The summed E-state index contributed by atoms with van der Waals surface area (Å²) in [5.74, 6) is 0.503. The minimum Gasteiger partial charge on any atom is -0.365 e. The lowest BCUT2D eigenvalue weighted by Crippen LogP contribution is -2.33. The summed E-state index contributed by atoms with van der Waals surface area (Å²) in [5.41, 5.74) is 2.46. The summed E-state index contributed by atoms with van der Waals surface area (Å²) in [6, 6.07) is 3.05. The van der Waals surface area contributed by atoms with Crippen molar-refractivity contribution in [3.63, 3.8) is 0 Å². The lowest BCUT2D eigenvalue weighted by atomic mass is 10.1. The van der Waals surface area contributed by atoms with Crippen molar-refractivity contribution in [2.75, 3.05) is 25.0 Å². The molecule has 2 aromatic heterocycles. The number of likely N-dealkylation sites (tertiary alicyclic amines) is 1. The molecule has 0 radical (unpaired) electrons. The molecule has 0 bridgehead atoms. The summed E-state index contributed by atoms with van der Waals surface area (Å²) in [6.45, 7) is 2.74. The van der Waals surface area contributed by atoms with Crippen LogP contribution in [-0.2, 0) is 13.0 Å². The highest BCUT2D eigenvalue weighted by atomic mass is 16.6. The molecular formula is C16H19N7O3. The Kier molecular flexibility index (Phi) is 4.25. The minimum absolute atomic E-state index is 0.0457. The number of aromatic nitrogens is 3. The van der Waals surface area contributed by atoms with Gasteiger partial charge < -0.3 is 15.5 Å². The first kappa shape index (κ1) is 16.5. The number of H-pyrrole nitrogens is 1. The number of fused-ring (bicyclic) bond motifs is 1. The average Bonchev–Trinajstić information content (AvgIpc) is 3.28. The molecule has 1 saturated heterocycles. The van der Waals surface area contributed by atoms with E-state index in [1.807, 2.05) is 0 Å². The van der Waals surface area contributed by atoms with Gasteiger partial charge in [0.2, 0.25) is 0 Å². The molecule has 136 valence electrons. The molecule has 2 aliphatic rings. The Morgan fingerprint density at radius 3 is 3.08 bits per heavy atom. The summed E-state index contributed by atoms with van der Waals surface area (Å²) < 4.78 is 0. The van der Waals surface area contributed by atoms with Gasteiger partial charge in [0.1, 0.15) is 12.0 Å². The molecule has 1 fully saturated rings. The van der Waals surface area contributed by atoms with Gasteiger partial charge in [-0.3, -0.25) is 20.0 Å². The number of rotatable bonds is 4. The van der Waals surface area contributed by atoms with E-state index in [0.29, 0.717) is 31.1 Å². The zero-order valence-electron chi connectivity index (χ0n) is 14.1. The van der Waals surface area contributed by atoms with Gasteiger partial charge in [-0.1, -0.05) is 0 Å². The van der Waals surface area contributed by atoms with E-state index in [1.54, 1.807) is 11.0 Å². The van der Waals surface area contributed by atoms with Crippen molar-refractivity contribution in [2.45, 2.75) is 25.4 Å². The molecule has 0 saturated carbocycles. The minimum atomic E-state index is -0.480. The predicted octanol–water partition coefficient (Wildman–Crippen LogP) is 0.685. The van der Waals surface area contributed by atoms with Crippen LogP contribution in [0.4, 0.5) is 11.5 Å². The van der Waals surface area contributed by atoms with Crippen LogP contribution in [0.3, 0.4) is 0 Å². The largest absolute Gasteiger partial charge is 0.365 e. The van der Waals surface area contributed by atoms with E-state index in [1.165, 1.54) is 12.3 Å². The Morgan fingerprint density at radius 2 is 2.31 bits per heavy atom. The van der Waals surface area contributed by atoms with E-state index in [4.69, 9.17) is 0 Å². The Labute approximate surface area is 149 Å². The number of nitrogens with zero attached hydrogens (tertiary/aromatic N) is 4. The lowest BCUT2D eigenvalue weighted by molar-refractivity contribution is -0.385. The monoisotopic (exact) mass is 357 g/mol. The average molecular weight is 357 g/mol. The Hall–Kier alpha value is -3.01. The topological polar surface area (TPSA) is 129 Å².